The Kier molecular flexibility index (Phi) is 9.85. The molecule has 232 valence electrons. The molecule has 2 aromatic rings. The lowest BCUT2D eigenvalue weighted by Crippen LogP contribution is -2.50. The lowest BCUT2D eigenvalue weighted by atomic mass is 10.1. The van der Waals surface area contributed by atoms with Gasteiger partial charge in [0, 0.05) is 58.4 Å². The van der Waals surface area contributed by atoms with Gasteiger partial charge in [0.25, 0.3) is 5.56 Å². The van der Waals surface area contributed by atoms with Gasteiger partial charge in [-0.15, -0.1) is 0 Å². The molecule has 12 nitrogen and oxygen atoms in total. The molecule has 0 bridgehead atoms. The second-order valence-corrected chi connectivity index (χ2v) is 13.6. The quantitative estimate of drug-likeness (QED) is 0.349. The molecule has 0 amide bonds. The zero-order valence-electron chi connectivity index (χ0n) is 25.4. The molecule has 0 spiro atoms. The molecule has 0 radical (unpaired) electrons. The number of piperazine rings is 2. The van der Waals surface area contributed by atoms with E-state index in [-0.39, 0.29) is 16.5 Å². The van der Waals surface area contributed by atoms with E-state index >= 15 is 0 Å². The van der Waals surface area contributed by atoms with Gasteiger partial charge >= 0.3 is 0 Å². The van der Waals surface area contributed by atoms with E-state index in [2.05, 4.69) is 39.5 Å². The summed E-state index contributed by atoms with van der Waals surface area (Å²) in [5, 5.41) is 5.53. The van der Waals surface area contributed by atoms with Crippen LogP contribution < -0.4 is 26.0 Å². The summed E-state index contributed by atoms with van der Waals surface area (Å²) in [6.45, 7) is 10.5. The number of hydrazine groups is 1. The minimum atomic E-state index is -3.72. The normalized spacial score (nSPS) is 22.4. The first-order valence-electron chi connectivity index (χ1n) is 15.3. The third kappa shape index (κ3) is 6.66. The van der Waals surface area contributed by atoms with Crippen LogP contribution in [-0.2, 0) is 10.0 Å². The van der Waals surface area contributed by atoms with Crippen LogP contribution in [-0.4, -0.2) is 112 Å². The van der Waals surface area contributed by atoms with Gasteiger partial charge < -0.3 is 29.8 Å². The molecule has 2 fully saturated rings. The van der Waals surface area contributed by atoms with Crippen LogP contribution in [0.2, 0.25) is 0 Å². The average molecular weight is 603 g/mol. The van der Waals surface area contributed by atoms with Crippen molar-refractivity contribution in [2.24, 2.45) is 0 Å². The van der Waals surface area contributed by atoms with Gasteiger partial charge in [0.05, 0.1) is 28.8 Å². The van der Waals surface area contributed by atoms with Gasteiger partial charge in [-0.2, -0.15) is 4.31 Å². The van der Waals surface area contributed by atoms with Crippen LogP contribution in [0.4, 0.5) is 5.69 Å². The van der Waals surface area contributed by atoms with E-state index < -0.39 is 10.0 Å². The zero-order valence-corrected chi connectivity index (χ0v) is 26.2. The Morgan fingerprint density at radius 3 is 2.52 bits per heavy atom. The fourth-order valence-electron chi connectivity index (χ4n) is 5.94. The van der Waals surface area contributed by atoms with Crippen molar-refractivity contribution >= 4 is 15.7 Å². The van der Waals surface area contributed by atoms with Crippen LogP contribution in [0.15, 0.2) is 27.9 Å². The van der Waals surface area contributed by atoms with E-state index in [1.807, 2.05) is 19.0 Å². The van der Waals surface area contributed by atoms with Gasteiger partial charge in [-0.1, -0.05) is 20.3 Å². The highest BCUT2D eigenvalue weighted by atomic mass is 32.2. The number of H-pyrrole nitrogens is 1. The maximum atomic E-state index is 13.7. The third-order valence-corrected chi connectivity index (χ3v) is 10.2. The van der Waals surface area contributed by atoms with Crippen molar-refractivity contribution in [3.8, 4) is 17.1 Å². The van der Waals surface area contributed by atoms with Gasteiger partial charge in [0.15, 0.2) is 0 Å². The summed E-state index contributed by atoms with van der Waals surface area (Å²) in [6.07, 6.45) is 3.42. The van der Waals surface area contributed by atoms with Crippen molar-refractivity contribution in [2.75, 3.05) is 78.1 Å². The number of nitrogens with zero attached hydrogens (tertiary/aromatic N) is 5. The molecule has 42 heavy (non-hydrogen) atoms. The van der Waals surface area contributed by atoms with Crippen LogP contribution in [0.5, 0.6) is 5.75 Å². The zero-order chi connectivity index (χ0) is 29.9. The van der Waals surface area contributed by atoms with Crippen LogP contribution in [0.25, 0.3) is 11.4 Å². The molecule has 2 unspecified atom stereocenters. The number of anilines is 1. The Hall–Kier alpha value is -2.55. The first-order valence-corrected chi connectivity index (χ1v) is 16.7. The van der Waals surface area contributed by atoms with E-state index in [1.54, 1.807) is 18.2 Å². The molecule has 1 aromatic heterocycles. The largest absolute Gasteiger partial charge is 0.493 e. The van der Waals surface area contributed by atoms with E-state index in [1.165, 1.54) is 4.31 Å². The van der Waals surface area contributed by atoms with Crippen molar-refractivity contribution in [2.45, 2.75) is 56.5 Å². The summed E-state index contributed by atoms with van der Waals surface area (Å²) in [5.74, 6) is 0.820. The van der Waals surface area contributed by atoms with Gasteiger partial charge in [0.2, 0.25) is 10.0 Å². The molecule has 0 saturated carbocycles. The minimum absolute atomic E-state index is 0.106. The third-order valence-electron chi connectivity index (χ3n) is 8.34. The number of aromatic amines is 1. The molecule has 2 atom stereocenters. The van der Waals surface area contributed by atoms with Crippen molar-refractivity contribution in [1.82, 2.24) is 34.8 Å². The van der Waals surface area contributed by atoms with E-state index in [0.717, 1.165) is 45.3 Å². The Morgan fingerprint density at radius 2 is 1.81 bits per heavy atom. The number of fused-ring (bicyclic) bond motifs is 1. The maximum Gasteiger partial charge on any atom is 0.276 e. The lowest BCUT2D eigenvalue weighted by Gasteiger charge is -2.32. The topological polar surface area (TPSA) is 126 Å². The van der Waals surface area contributed by atoms with Gasteiger partial charge in [0.1, 0.15) is 17.3 Å². The molecule has 2 saturated heterocycles. The van der Waals surface area contributed by atoms with Crippen molar-refractivity contribution < 1.29 is 13.2 Å². The first-order chi connectivity index (χ1) is 20.2. The van der Waals surface area contributed by atoms with E-state index in [9.17, 15) is 13.2 Å². The summed E-state index contributed by atoms with van der Waals surface area (Å²) >= 11 is 0. The van der Waals surface area contributed by atoms with Crippen LogP contribution in [0, 0.1) is 0 Å². The molecule has 3 aliphatic rings. The van der Waals surface area contributed by atoms with Crippen molar-refractivity contribution in [3.63, 3.8) is 0 Å². The summed E-state index contributed by atoms with van der Waals surface area (Å²) in [4.78, 5) is 26.2. The number of benzene rings is 1. The second-order valence-electron chi connectivity index (χ2n) is 11.7. The molecule has 3 N–H and O–H groups in total. The number of nitrogens with one attached hydrogen (secondary N) is 3. The fraction of sp³-hybridized carbons (Fsp3) is 0.655. The molecule has 5 rings (SSSR count). The molecular weight excluding hydrogens is 556 g/mol. The number of hydrogen-bond acceptors (Lipinski definition) is 10. The Bertz CT molecular complexity index is 1390. The van der Waals surface area contributed by atoms with Crippen molar-refractivity contribution in [1.29, 1.82) is 0 Å². The predicted octanol–water partition coefficient (Wildman–Crippen LogP) is 1.62. The van der Waals surface area contributed by atoms with Crippen LogP contribution >= 0.6 is 0 Å². The van der Waals surface area contributed by atoms with Crippen LogP contribution in [0.1, 0.15) is 51.3 Å². The summed E-state index contributed by atoms with van der Waals surface area (Å²) in [7, 11) is 0.401. The number of sulfonamides is 1. The molecule has 4 heterocycles. The summed E-state index contributed by atoms with van der Waals surface area (Å²) < 4.78 is 34.8. The van der Waals surface area contributed by atoms with Crippen molar-refractivity contribution in [3.05, 3.63) is 34.2 Å². The molecule has 1 aromatic carbocycles. The fourth-order valence-corrected chi connectivity index (χ4v) is 7.38. The second kappa shape index (κ2) is 13.4. The first kappa shape index (κ1) is 30.9. The molecule has 13 heteroatoms. The van der Waals surface area contributed by atoms with Gasteiger partial charge in [-0.3, -0.25) is 4.79 Å². The number of ether oxygens (including phenoxy) is 1. The Labute approximate surface area is 249 Å². The SMILES string of the molecule is CCCOc1ccc(S(=O)(=O)N2CCN(C)CC2)cc1-c1nc2c(c(=O)[nH]1)N(CCC1CN(C)CCN1)NC2CCC. The number of aromatic nitrogens is 2. The number of likely N-dealkylation sites (N-methyl/N-ethyl adjacent to an activating group) is 2. The molecule has 3 aliphatic heterocycles. The Balaban J connectivity index is 1.49. The molecule has 0 aliphatic carbocycles. The molecular formula is C29H46N8O4S. The predicted molar refractivity (Wildman–Crippen MR) is 164 cm³/mol. The minimum Gasteiger partial charge on any atom is -0.493 e. The smallest absolute Gasteiger partial charge is 0.276 e. The standard InChI is InChI=1S/C29H46N8O4S/c1-5-7-24-26-27(37(33-24)12-10-21-20-35(4)13-11-30-21)29(38)32-28(31-26)23-19-22(8-9-25(23)41-18-6-2)42(39,40)36-16-14-34(3)15-17-36/h8-9,19,21,24,30,33H,5-7,10-18,20H2,1-4H3,(H,31,32,38). The summed E-state index contributed by atoms with van der Waals surface area (Å²) in [6, 6.07) is 5.12. The van der Waals surface area contributed by atoms with E-state index in [4.69, 9.17) is 9.72 Å². The van der Waals surface area contributed by atoms with E-state index in [0.29, 0.717) is 73.9 Å². The maximum absolute atomic E-state index is 13.7. The number of hydrogen-bond donors (Lipinski definition) is 3. The highest BCUT2D eigenvalue weighted by Crippen LogP contribution is 2.36. The Morgan fingerprint density at radius 1 is 1.02 bits per heavy atom. The van der Waals surface area contributed by atoms with Gasteiger partial charge in [-0.25, -0.2) is 18.8 Å². The highest BCUT2D eigenvalue weighted by molar-refractivity contribution is 7.89. The number of rotatable bonds is 11. The summed E-state index contributed by atoms with van der Waals surface area (Å²) in [5.41, 5.74) is 4.99. The van der Waals surface area contributed by atoms with Gasteiger partial charge in [-0.05, 0) is 51.6 Å². The van der Waals surface area contributed by atoms with Crippen LogP contribution in [0.3, 0.4) is 0 Å². The average Bonchev–Trinajstić information content (AvgIpc) is 3.33. The highest BCUT2D eigenvalue weighted by Gasteiger charge is 2.34. The lowest BCUT2D eigenvalue weighted by molar-refractivity contribution is 0.222. The monoisotopic (exact) mass is 602 g/mol.